The summed E-state index contributed by atoms with van der Waals surface area (Å²) in [5.41, 5.74) is 8.63. The van der Waals surface area contributed by atoms with Crippen molar-refractivity contribution >= 4 is 29.4 Å². The molecular formula is C30H40N6O5. The second-order valence-corrected chi connectivity index (χ2v) is 10.9. The van der Waals surface area contributed by atoms with Crippen LogP contribution < -0.4 is 21.3 Å². The largest absolute Gasteiger partial charge is 0.444 e. The Morgan fingerprint density at radius 3 is 2.27 bits per heavy atom. The monoisotopic (exact) mass is 564 g/mol. The molecule has 3 aliphatic rings. The summed E-state index contributed by atoms with van der Waals surface area (Å²) in [6.45, 7) is 4.78. The maximum Gasteiger partial charge on any atom is 0.412 e. The molecular weight excluding hydrogens is 524 g/mol. The summed E-state index contributed by atoms with van der Waals surface area (Å²) < 4.78 is 10.8. The normalized spacial score (nSPS) is 21.2. The second kappa shape index (κ2) is 13.7. The lowest BCUT2D eigenvalue weighted by molar-refractivity contribution is 0.0428. The number of hydrogen-bond donors (Lipinski definition) is 3. The number of nitrogens with zero attached hydrogens (tertiary/aromatic N) is 3. The number of hydrogen-bond acceptors (Lipinski definition) is 7. The van der Waals surface area contributed by atoms with Crippen LogP contribution in [0.25, 0.3) is 0 Å². The van der Waals surface area contributed by atoms with Crippen molar-refractivity contribution in [3.05, 3.63) is 59.7 Å². The van der Waals surface area contributed by atoms with Gasteiger partial charge in [0, 0.05) is 56.9 Å². The Bertz CT molecular complexity index is 1190. The van der Waals surface area contributed by atoms with E-state index in [0.29, 0.717) is 63.7 Å². The molecule has 2 aliphatic heterocycles. The maximum absolute atomic E-state index is 13.1. The van der Waals surface area contributed by atoms with Gasteiger partial charge >= 0.3 is 12.1 Å². The topological polar surface area (TPSA) is 129 Å². The first-order valence-electron chi connectivity index (χ1n) is 14.5. The van der Waals surface area contributed by atoms with Crippen LogP contribution in [0.3, 0.4) is 0 Å². The number of rotatable bonds is 6. The van der Waals surface area contributed by atoms with E-state index in [1.807, 2.05) is 46.2 Å². The smallest absolute Gasteiger partial charge is 0.412 e. The van der Waals surface area contributed by atoms with Gasteiger partial charge in [0.2, 0.25) is 0 Å². The van der Waals surface area contributed by atoms with Crippen LogP contribution in [0.2, 0.25) is 0 Å². The van der Waals surface area contributed by atoms with Crippen molar-refractivity contribution in [2.45, 2.75) is 44.4 Å². The molecule has 0 unspecified atom stereocenters. The van der Waals surface area contributed by atoms with Crippen LogP contribution in [-0.2, 0) is 16.1 Å². The molecule has 0 aromatic heterocycles. The second-order valence-electron chi connectivity index (χ2n) is 10.9. The fraction of sp³-hybridized carbons (Fsp3) is 0.500. The molecule has 4 amide bonds. The van der Waals surface area contributed by atoms with Gasteiger partial charge in [0.15, 0.2) is 0 Å². The number of nitrogens with one attached hydrogen (secondary N) is 2. The van der Waals surface area contributed by atoms with E-state index in [-0.39, 0.29) is 30.6 Å². The molecule has 4 N–H and O–H groups in total. The summed E-state index contributed by atoms with van der Waals surface area (Å²) in [6.07, 6.45) is 2.90. The number of carbonyl (C=O) groups is 3. The average Bonchev–Trinajstić information content (AvgIpc) is 3.02. The highest BCUT2D eigenvalue weighted by Gasteiger charge is 2.28. The van der Waals surface area contributed by atoms with E-state index in [0.717, 1.165) is 36.9 Å². The van der Waals surface area contributed by atoms with Crippen molar-refractivity contribution in [2.75, 3.05) is 62.7 Å². The van der Waals surface area contributed by atoms with Crippen molar-refractivity contribution in [2.24, 2.45) is 5.73 Å². The Balaban J connectivity index is 1.27. The summed E-state index contributed by atoms with van der Waals surface area (Å²) >= 11 is 0. The van der Waals surface area contributed by atoms with Crippen LogP contribution in [0.5, 0.6) is 0 Å². The minimum absolute atomic E-state index is 0.0338. The molecule has 0 radical (unpaired) electrons. The number of nitrogens with two attached hydrogens (primary N) is 1. The molecule has 2 heterocycles. The maximum atomic E-state index is 13.1. The first kappa shape index (κ1) is 28.7. The molecule has 5 rings (SSSR count). The summed E-state index contributed by atoms with van der Waals surface area (Å²) in [6, 6.07) is 15.1. The number of morpholine rings is 1. The first-order chi connectivity index (χ1) is 20.0. The minimum atomic E-state index is -0.602. The van der Waals surface area contributed by atoms with Gasteiger partial charge in [0.1, 0.15) is 6.61 Å². The third kappa shape index (κ3) is 7.68. The van der Waals surface area contributed by atoms with Gasteiger partial charge in [0.25, 0.3) is 5.91 Å². The average molecular weight is 565 g/mol. The molecule has 11 heteroatoms. The quantitative estimate of drug-likeness (QED) is 0.492. The summed E-state index contributed by atoms with van der Waals surface area (Å²) in [7, 11) is 0. The predicted molar refractivity (Wildman–Crippen MR) is 156 cm³/mol. The van der Waals surface area contributed by atoms with E-state index in [2.05, 4.69) is 15.5 Å². The zero-order valence-electron chi connectivity index (χ0n) is 23.4. The van der Waals surface area contributed by atoms with E-state index in [9.17, 15) is 14.4 Å². The predicted octanol–water partition coefficient (Wildman–Crippen LogP) is 3.01. The summed E-state index contributed by atoms with van der Waals surface area (Å²) in [4.78, 5) is 44.7. The Morgan fingerprint density at radius 1 is 0.878 bits per heavy atom. The van der Waals surface area contributed by atoms with Gasteiger partial charge in [-0.25, -0.2) is 9.59 Å². The molecule has 0 bridgehead atoms. The molecule has 0 atom stereocenters. The van der Waals surface area contributed by atoms with Gasteiger partial charge < -0.3 is 35.2 Å². The van der Waals surface area contributed by atoms with Gasteiger partial charge in [-0.2, -0.15) is 0 Å². The van der Waals surface area contributed by atoms with E-state index in [4.69, 9.17) is 15.2 Å². The van der Waals surface area contributed by atoms with Crippen molar-refractivity contribution < 1.29 is 23.9 Å². The van der Waals surface area contributed by atoms with E-state index >= 15 is 0 Å². The standard InChI is InChI=1S/C30H40N6O5/c31-24-7-9-25(10-8-24)32-28(37)23-6-11-27(26(20-23)33-29(38)41-21-22-4-2-1-3-5-22)34-12-14-35(15-13-34)30(39)36-16-18-40-19-17-36/h1-6,11,20,24-25H,7-10,12-19,21,31H2,(H,32,37)(H,33,38). The number of urea groups is 1. The number of piperazine rings is 1. The van der Waals surface area contributed by atoms with E-state index in [1.165, 1.54) is 0 Å². The molecule has 2 saturated heterocycles. The fourth-order valence-corrected chi connectivity index (χ4v) is 5.55. The Morgan fingerprint density at radius 2 is 1.56 bits per heavy atom. The molecule has 3 fully saturated rings. The third-order valence-corrected chi connectivity index (χ3v) is 7.99. The number of amides is 4. The molecule has 0 spiro atoms. The van der Waals surface area contributed by atoms with Gasteiger partial charge in [-0.05, 0) is 49.4 Å². The summed E-state index contributed by atoms with van der Waals surface area (Å²) in [5.74, 6) is -0.182. The zero-order chi connectivity index (χ0) is 28.6. The lowest BCUT2D eigenvalue weighted by Gasteiger charge is -2.39. The van der Waals surface area contributed by atoms with Gasteiger partial charge in [0.05, 0.1) is 24.6 Å². The molecule has 1 saturated carbocycles. The van der Waals surface area contributed by atoms with Crippen LogP contribution >= 0.6 is 0 Å². The highest BCUT2D eigenvalue weighted by molar-refractivity contribution is 5.98. The number of carbonyl (C=O) groups excluding carboxylic acids is 3. The highest BCUT2D eigenvalue weighted by Crippen LogP contribution is 2.29. The molecule has 1 aliphatic carbocycles. The molecule has 41 heavy (non-hydrogen) atoms. The number of ether oxygens (including phenoxy) is 2. The van der Waals surface area contributed by atoms with Gasteiger partial charge in [-0.15, -0.1) is 0 Å². The van der Waals surface area contributed by atoms with Crippen molar-refractivity contribution in [1.29, 1.82) is 0 Å². The zero-order valence-corrected chi connectivity index (χ0v) is 23.4. The minimum Gasteiger partial charge on any atom is -0.444 e. The fourth-order valence-electron chi connectivity index (χ4n) is 5.55. The van der Waals surface area contributed by atoms with Crippen molar-refractivity contribution in [1.82, 2.24) is 15.1 Å². The lowest BCUT2D eigenvalue weighted by atomic mass is 9.91. The summed E-state index contributed by atoms with van der Waals surface area (Å²) in [5, 5.41) is 5.99. The van der Waals surface area contributed by atoms with Gasteiger partial charge in [-0.3, -0.25) is 10.1 Å². The number of anilines is 2. The van der Waals surface area contributed by atoms with Crippen LogP contribution in [0.4, 0.5) is 21.0 Å². The molecule has 11 nitrogen and oxygen atoms in total. The van der Waals surface area contributed by atoms with Crippen LogP contribution in [0.1, 0.15) is 41.6 Å². The Hall–Kier alpha value is -3.83. The highest BCUT2D eigenvalue weighted by atomic mass is 16.5. The Labute approximate surface area is 240 Å². The molecule has 220 valence electrons. The van der Waals surface area contributed by atoms with Crippen molar-refractivity contribution in [3.63, 3.8) is 0 Å². The van der Waals surface area contributed by atoms with Gasteiger partial charge in [-0.1, -0.05) is 30.3 Å². The van der Waals surface area contributed by atoms with Crippen molar-refractivity contribution in [3.8, 4) is 0 Å². The third-order valence-electron chi connectivity index (χ3n) is 7.99. The van der Waals surface area contributed by atoms with E-state index < -0.39 is 6.09 Å². The Kier molecular flexibility index (Phi) is 9.58. The van der Waals surface area contributed by atoms with E-state index in [1.54, 1.807) is 12.1 Å². The first-order valence-corrected chi connectivity index (χ1v) is 14.5. The molecule has 2 aromatic rings. The molecule has 2 aromatic carbocycles. The van der Waals surface area contributed by atoms with Crippen LogP contribution in [0, 0.1) is 0 Å². The number of benzene rings is 2. The van der Waals surface area contributed by atoms with Crippen LogP contribution in [0.15, 0.2) is 48.5 Å². The van der Waals surface area contributed by atoms with Crippen LogP contribution in [-0.4, -0.2) is 92.4 Å². The SMILES string of the molecule is NC1CCC(NC(=O)c2ccc(N3CCN(C(=O)N4CCOCC4)CC3)c(NC(=O)OCc3ccccc3)c2)CC1. The lowest BCUT2D eigenvalue weighted by Crippen LogP contribution is -2.54.